The fourth-order valence-electron chi connectivity index (χ4n) is 3.09. The molecule has 0 saturated heterocycles. The summed E-state index contributed by atoms with van der Waals surface area (Å²) < 4.78 is 13.6. The maximum atomic E-state index is 5.98. The van der Waals surface area contributed by atoms with Crippen molar-refractivity contribution in [3.8, 4) is 11.5 Å². The molecule has 31 heavy (non-hydrogen) atoms. The SMILES string of the molecule is CN=C(NCCCc1nnc(SC)n1CC(C)C)NCC(C)Oc1ccccc1OC. The Kier molecular flexibility index (Phi) is 10.5. The van der Waals surface area contributed by atoms with Crippen LogP contribution in [0.25, 0.3) is 0 Å². The van der Waals surface area contributed by atoms with E-state index in [1.807, 2.05) is 37.4 Å². The molecule has 0 bridgehead atoms. The van der Waals surface area contributed by atoms with Gasteiger partial charge in [0.15, 0.2) is 22.6 Å². The molecule has 0 amide bonds. The van der Waals surface area contributed by atoms with Gasteiger partial charge >= 0.3 is 0 Å². The van der Waals surface area contributed by atoms with Crippen LogP contribution in [-0.2, 0) is 13.0 Å². The lowest BCUT2D eigenvalue weighted by atomic mass is 10.2. The zero-order valence-electron chi connectivity index (χ0n) is 19.5. The molecular weight excluding hydrogens is 412 g/mol. The number of hydrogen-bond donors (Lipinski definition) is 2. The number of benzene rings is 1. The van der Waals surface area contributed by atoms with E-state index in [0.29, 0.717) is 12.5 Å². The fraction of sp³-hybridized carbons (Fsp3) is 0.591. The Morgan fingerprint density at radius 2 is 1.90 bits per heavy atom. The monoisotopic (exact) mass is 448 g/mol. The van der Waals surface area contributed by atoms with Gasteiger partial charge in [0.1, 0.15) is 11.9 Å². The second-order valence-electron chi connectivity index (χ2n) is 7.67. The first kappa shape index (κ1) is 24.8. The van der Waals surface area contributed by atoms with Gasteiger partial charge in [0.2, 0.25) is 0 Å². The number of aliphatic imine (C=N–C) groups is 1. The van der Waals surface area contributed by atoms with Crippen molar-refractivity contribution in [1.82, 2.24) is 25.4 Å². The largest absolute Gasteiger partial charge is 0.493 e. The summed E-state index contributed by atoms with van der Waals surface area (Å²) in [5, 5.41) is 16.3. The third-order valence-electron chi connectivity index (χ3n) is 4.57. The number of aryl methyl sites for hydroxylation is 1. The van der Waals surface area contributed by atoms with Crippen LogP contribution >= 0.6 is 11.8 Å². The van der Waals surface area contributed by atoms with Crippen LogP contribution in [-0.4, -0.2) is 60.3 Å². The van der Waals surface area contributed by atoms with Crippen LogP contribution < -0.4 is 20.1 Å². The van der Waals surface area contributed by atoms with Crippen molar-refractivity contribution in [2.75, 3.05) is 33.5 Å². The summed E-state index contributed by atoms with van der Waals surface area (Å²) in [6.45, 7) is 8.80. The minimum atomic E-state index is -0.0469. The summed E-state index contributed by atoms with van der Waals surface area (Å²) in [5.41, 5.74) is 0. The third kappa shape index (κ3) is 7.97. The van der Waals surface area contributed by atoms with Crippen LogP contribution in [0.1, 0.15) is 33.0 Å². The number of ether oxygens (including phenoxy) is 2. The number of nitrogens with zero attached hydrogens (tertiary/aromatic N) is 4. The van der Waals surface area contributed by atoms with Crippen LogP contribution in [0.15, 0.2) is 34.4 Å². The van der Waals surface area contributed by atoms with Crippen LogP contribution in [0.5, 0.6) is 11.5 Å². The van der Waals surface area contributed by atoms with Crippen LogP contribution in [0.3, 0.4) is 0 Å². The molecule has 1 aromatic heterocycles. The number of nitrogens with one attached hydrogen (secondary N) is 2. The summed E-state index contributed by atoms with van der Waals surface area (Å²) in [7, 11) is 3.41. The molecule has 1 heterocycles. The number of rotatable bonds is 12. The lowest BCUT2D eigenvalue weighted by molar-refractivity contribution is 0.213. The molecule has 0 aliphatic heterocycles. The molecule has 1 atom stereocenters. The van der Waals surface area contributed by atoms with E-state index in [0.717, 1.165) is 54.4 Å². The first-order valence-electron chi connectivity index (χ1n) is 10.7. The zero-order chi connectivity index (χ0) is 22.6. The van der Waals surface area contributed by atoms with Crippen molar-refractivity contribution in [2.45, 2.75) is 51.4 Å². The van der Waals surface area contributed by atoms with Crippen LogP contribution in [0.2, 0.25) is 0 Å². The summed E-state index contributed by atoms with van der Waals surface area (Å²) in [5.74, 6) is 3.82. The predicted octanol–water partition coefficient (Wildman–Crippen LogP) is 3.23. The van der Waals surface area contributed by atoms with Crippen LogP contribution in [0, 0.1) is 5.92 Å². The molecule has 0 fully saturated rings. The van der Waals surface area contributed by atoms with Gasteiger partial charge in [-0.1, -0.05) is 37.7 Å². The Morgan fingerprint density at radius 1 is 1.16 bits per heavy atom. The highest BCUT2D eigenvalue weighted by molar-refractivity contribution is 7.98. The van der Waals surface area contributed by atoms with E-state index in [-0.39, 0.29) is 6.10 Å². The molecular formula is C22H36N6O2S. The van der Waals surface area contributed by atoms with Gasteiger partial charge in [-0.2, -0.15) is 0 Å². The first-order valence-corrected chi connectivity index (χ1v) is 11.9. The molecule has 1 unspecified atom stereocenters. The van der Waals surface area contributed by atoms with Gasteiger partial charge in [0.25, 0.3) is 0 Å². The molecule has 172 valence electrons. The molecule has 0 aliphatic carbocycles. The summed E-state index contributed by atoms with van der Waals surface area (Å²) in [6, 6.07) is 7.65. The summed E-state index contributed by atoms with van der Waals surface area (Å²) in [4.78, 5) is 4.30. The Morgan fingerprint density at radius 3 is 2.55 bits per heavy atom. The Bertz CT molecular complexity index is 824. The van der Waals surface area contributed by atoms with E-state index in [1.165, 1.54) is 0 Å². The molecule has 0 aliphatic rings. The fourth-order valence-corrected chi connectivity index (χ4v) is 3.62. The minimum absolute atomic E-state index is 0.0469. The van der Waals surface area contributed by atoms with Crippen molar-refractivity contribution < 1.29 is 9.47 Å². The molecule has 1 aromatic carbocycles. The maximum Gasteiger partial charge on any atom is 0.191 e. The topological polar surface area (TPSA) is 85.6 Å². The average Bonchev–Trinajstić information content (AvgIpc) is 3.14. The molecule has 0 spiro atoms. The standard InChI is InChI=1S/C22H36N6O2S/c1-16(2)15-28-20(26-27-22(28)31-6)12-9-13-24-21(23-4)25-14-17(3)30-19-11-8-7-10-18(19)29-5/h7-8,10-11,16-17H,9,12-15H2,1-6H3,(H2,23,24,25). The molecule has 0 radical (unpaired) electrons. The quantitative estimate of drug-likeness (QED) is 0.223. The number of aromatic nitrogens is 3. The third-order valence-corrected chi connectivity index (χ3v) is 5.24. The Labute approximate surface area is 190 Å². The van der Waals surface area contributed by atoms with Crippen molar-refractivity contribution in [3.05, 3.63) is 30.1 Å². The van der Waals surface area contributed by atoms with E-state index < -0.39 is 0 Å². The highest BCUT2D eigenvalue weighted by Crippen LogP contribution is 2.26. The number of para-hydroxylation sites is 2. The molecule has 8 nitrogen and oxygen atoms in total. The molecule has 0 saturated carbocycles. The van der Waals surface area contributed by atoms with E-state index in [9.17, 15) is 0 Å². The van der Waals surface area contributed by atoms with Crippen LogP contribution in [0.4, 0.5) is 0 Å². The lowest BCUT2D eigenvalue weighted by Gasteiger charge is -2.19. The van der Waals surface area contributed by atoms with Crippen molar-refractivity contribution in [1.29, 1.82) is 0 Å². The van der Waals surface area contributed by atoms with Gasteiger partial charge < -0.3 is 24.7 Å². The number of guanidine groups is 1. The molecule has 2 N–H and O–H groups in total. The predicted molar refractivity (Wildman–Crippen MR) is 127 cm³/mol. The highest BCUT2D eigenvalue weighted by atomic mass is 32.2. The van der Waals surface area contributed by atoms with Gasteiger partial charge in [0, 0.05) is 26.6 Å². The number of hydrogen-bond acceptors (Lipinski definition) is 6. The van der Waals surface area contributed by atoms with Gasteiger partial charge in [-0.15, -0.1) is 10.2 Å². The molecule has 2 aromatic rings. The minimum Gasteiger partial charge on any atom is -0.493 e. The van der Waals surface area contributed by atoms with Gasteiger partial charge in [-0.3, -0.25) is 4.99 Å². The van der Waals surface area contributed by atoms with Crippen molar-refractivity contribution >= 4 is 17.7 Å². The van der Waals surface area contributed by atoms with E-state index in [1.54, 1.807) is 25.9 Å². The van der Waals surface area contributed by atoms with Crippen molar-refractivity contribution in [2.24, 2.45) is 10.9 Å². The number of methoxy groups -OCH3 is 1. The van der Waals surface area contributed by atoms with E-state index in [4.69, 9.17) is 9.47 Å². The lowest BCUT2D eigenvalue weighted by Crippen LogP contribution is -2.42. The Balaban J connectivity index is 1.76. The normalized spacial score (nSPS) is 12.7. The molecule has 2 rings (SSSR count). The van der Waals surface area contributed by atoms with E-state index >= 15 is 0 Å². The smallest absolute Gasteiger partial charge is 0.191 e. The summed E-state index contributed by atoms with van der Waals surface area (Å²) in [6.07, 6.45) is 3.81. The zero-order valence-corrected chi connectivity index (χ0v) is 20.3. The van der Waals surface area contributed by atoms with E-state index in [2.05, 4.69) is 44.2 Å². The summed E-state index contributed by atoms with van der Waals surface area (Å²) >= 11 is 1.64. The first-order chi connectivity index (χ1) is 15.0. The van der Waals surface area contributed by atoms with Gasteiger partial charge in [-0.25, -0.2) is 0 Å². The second kappa shape index (κ2) is 13.1. The van der Waals surface area contributed by atoms with Gasteiger partial charge in [-0.05, 0) is 37.7 Å². The highest BCUT2D eigenvalue weighted by Gasteiger charge is 2.13. The maximum absolute atomic E-state index is 5.98. The number of thioether (sulfide) groups is 1. The molecule has 9 heteroatoms. The second-order valence-corrected chi connectivity index (χ2v) is 8.44. The Hall–Kier alpha value is -2.42. The van der Waals surface area contributed by atoms with Crippen molar-refractivity contribution in [3.63, 3.8) is 0 Å². The van der Waals surface area contributed by atoms with Gasteiger partial charge in [0.05, 0.1) is 13.7 Å². The average molecular weight is 449 g/mol.